The van der Waals surface area contributed by atoms with Crippen molar-refractivity contribution in [2.24, 2.45) is 0 Å². The minimum Gasteiger partial charge on any atom is -0.495 e. The van der Waals surface area contributed by atoms with Gasteiger partial charge in [-0.15, -0.1) is 22.7 Å². The summed E-state index contributed by atoms with van der Waals surface area (Å²) in [5.41, 5.74) is 0.559. The van der Waals surface area contributed by atoms with Crippen molar-refractivity contribution < 1.29 is 9.53 Å². The van der Waals surface area contributed by atoms with Crippen molar-refractivity contribution in [3.8, 4) is 5.75 Å². The molecule has 0 saturated heterocycles. The Kier molecular flexibility index (Phi) is 2.85. The lowest BCUT2D eigenvalue weighted by Gasteiger charge is -2.01. The molecule has 3 heterocycles. The van der Waals surface area contributed by atoms with Gasteiger partial charge in [-0.2, -0.15) is 0 Å². The first-order valence-electron chi connectivity index (χ1n) is 5.29. The summed E-state index contributed by atoms with van der Waals surface area (Å²) in [5.74, 6) is 0.592. The van der Waals surface area contributed by atoms with Crippen molar-refractivity contribution in [1.29, 1.82) is 0 Å². The van der Waals surface area contributed by atoms with E-state index in [2.05, 4.69) is 4.98 Å². The van der Waals surface area contributed by atoms with Gasteiger partial charge in [0.15, 0.2) is 0 Å². The molecule has 0 unspecified atom stereocenters. The molecule has 0 aliphatic rings. The molecule has 0 N–H and O–H groups in total. The molecule has 0 fully saturated rings. The van der Waals surface area contributed by atoms with Crippen LogP contribution in [0.4, 0.5) is 0 Å². The Morgan fingerprint density at radius 2 is 2.17 bits per heavy atom. The summed E-state index contributed by atoms with van der Waals surface area (Å²) in [6.45, 7) is 0. The van der Waals surface area contributed by atoms with Crippen molar-refractivity contribution >= 4 is 37.9 Å². The minimum absolute atomic E-state index is 0.00481. The molecule has 0 bridgehead atoms. The number of nitrogens with zero attached hydrogens (tertiary/aromatic N) is 1. The third-order valence-electron chi connectivity index (χ3n) is 2.57. The van der Waals surface area contributed by atoms with Crippen LogP contribution in [0.2, 0.25) is 0 Å². The summed E-state index contributed by atoms with van der Waals surface area (Å²) < 4.78 is 7.38. The lowest BCUT2D eigenvalue weighted by Crippen LogP contribution is -1.99. The lowest BCUT2D eigenvalue weighted by molar-refractivity contribution is 0.104. The van der Waals surface area contributed by atoms with Gasteiger partial charge >= 0.3 is 0 Å². The second-order valence-electron chi connectivity index (χ2n) is 3.70. The third kappa shape index (κ3) is 1.91. The van der Waals surface area contributed by atoms with Crippen molar-refractivity contribution in [2.75, 3.05) is 7.11 Å². The highest BCUT2D eigenvalue weighted by Gasteiger charge is 2.14. The number of methoxy groups -OCH3 is 1. The van der Waals surface area contributed by atoms with Gasteiger partial charge < -0.3 is 4.74 Å². The third-order valence-corrected chi connectivity index (χ3v) is 4.67. The zero-order valence-corrected chi connectivity index (χ0v) is 11.2. The first-order chi connectivity index (χ1) is 8.78. The molecule has 0 aliphatic carbocycles. The van der Waals surface area contributed by atoms with Gasteiger partial charge in [0.1, 0.15) is 5.75 Å². The molecule has 90 valence electrons. The molecule has 0 amide bonds. The molecule has 3 aromatic rings. The van der Waals surface area contributed by atoms with E-state index in [1.54, 1.807) is 36.9 Å². The number of ether oxygens (including phenoxy) is 1. The molecule has 3 rings (SSSR count). The number of hydrogen-bond donors (Lipinski definition) is 0. The van der Waals surface area contributed by atoms with Gasteiger partial charge in [0.2, 0.25) is 5.78 Å². The molecule has 18 heavy (non-hydrogen) atoms. The maximum Gasteiger partial charge on any atom is 0.204 e. The van der Waals surface area contributed by atoms with E-state index < -0.39 is 0 Å². The lowest BCUT2D eigenvalue weighted by atomic mass is 10.1. The number of thiophene rings is 2. The average molecular weight is 275 g/mol. The highest BCUT2D eigenvalue weighted by molar-refractivity contribution is 7.28. The summed E-state index contributed by atoms with van der Waals surface area (Å²) >= 11 is 3.16. The van der Waals surface area contributed by atoms with Gasteiger partial charge in [0.25, 0.3) is 0 Å². The first kappa shape index (κ1) is 11.4. The van der Waals surface area contributed by atoms with Crippen molar-refractivity contribution in [3.05, 3.63) is 46.4 Å². The minimum atomic E-state index is -0.00481. The van der Waals surface area contributed by atoms with Crippen molar-refractivity contribution in [1.82, 2.24) is 4.98 Å². The summed E-state index contributed by atoms with van der Waals surface area (Å²) in [4.78, 5) is 17.0. The van der Waals surface area contributed by atoms with E-state index in [0.717, 1.165) is 14.3 Å². The summed E-state index contributed by atoms with van der Waals surface area (Å²) in [5, 5.41) is 2.03. The van der Waals surface area contributed by atoms with Gasteiger partial charge in [0, 0.05) is 21.2 Å². The maximum absolute atomic E-state index is 12.3. The first-order valence-corrected chi connectivity index (χ1v) is 6.98. The fourth-order valence-electron chi connectivity index (χ4n) is 1.67. The van der Waals surface area contributed by atoms with Gasteiger partial charge in [0.05, 0.1) is 18.2 Å². The van der Waals surface area contributed by atoms with Crippen LogP contribution in [-0.2, 0) is 0 Å². The van der Waals surface area contributed by atoms with Crippen LogP contribution >= 0.6 is 22.7 Å². The number of carbonyl (C=O) groups is 1. The SMILES string of the molecule is COc1cncc(C(=O)c2cc3sccc3s2)c1. The normalized spacial score (nSPS) is 10.7. The van der Waals surface area contributed by atoms with Crippen molar-refractivity contribution in [2.45, 2.75) is 0 Å². The van der Waals surface area contributed by atoms with E-state index in [4.69, 9.17) is 4.74 Å². The quantitative estimate of drug-likeness (QED) is 0.686. The summed E-state index contributed by atoms with van der Waals surface area (Å²) in [6, 6.07) is 5.68. The molecule has 5 heteroatoms. The van der Waals surface area contributed by atoms with Gasteiger partial charge in [-0.05, 0) is 23.6 Å². The Labute approximate surface area is 112 Å². The molecule has 0 aromatic carbocycles. The van der Waals surface area contributed by atoms with Crippen LogP contribution in [0.5, 0.6) is 5.75 Å². The zero-order valence-electron chi connectivity index (χ0n) is 9.54. The van der Waals surface area contributed by atoms with Crippen LogP contribution in [0.1, 0.15) is 15.2 Å². The Morgan fingerprint density at radius 1 is 1.28 bits per heavy atom. The van der Waals surface area contributed by atoms with Crippen molar-refractivity contribution in [3.63, 3.8) is 0 Å². The fourth-order valence-corrected chi connectivity index (χ4v) is 3.75. The van der Waals surface area contributed by atoms with Crippen LogP contribution in [0.15, 0.2) is 36.0 Å². The number of hydrogen-bond acceptors (Lipinski definition) is 5. The molecule has 0 aliphatic heterocycles. The molecular formula is C13H9NO2S2. The standard InChI is InChI=1S/C13H9NO2S2/c1-16-9-4-8(6-14-7-9)13(15)12-5-11-10(18-12)2-3-17-11/h2-7H,1H3. The molecule has 3 aromatic heterocycles. The van der Waals surface area contributed by atoms with E-state index in [1.165, 1.54) is 11.3 Å². The molecule has 3 nitrogen and oxygen atoms in total. The second-order valence-corrected chi connectivity index (χ2v) is 5.73. The van der Waals surface area contributed by atoms with Crippen LogP contribution in [0.3, 0.4) is 0 Å². The van der Waals surface area contributed by atoms with Gasteiger partial charge in [-0.3, -0.25) is 9.78 Å². The van der Waals surface area contributed by atoms with E-state index in [0.29, 0.717) is 11.3 Å². The highest BCUT2D eigenvalue weighted by atomic mass is 32.1. The van der Waals surface area contributed by atoms with E-state index in [9.17, 15) is 4.79 Å². The smallest absolute Gasteiger partial charge is 0.204 e. The molecule has 0 radical (unpaired) electrons. The van der Waals surface area contributed by atoms with E-state index in [1.807, 2.05) is 17.5 Å². The highest BCUT2D eigenvalue weighted by Crippen LogP contribution is 2.31. The van der Waals surface area contributed by atoms with Gasteiger partial charge in [-0.25, -0.2) is 0 Å². The molecule has 0 spiro atoms. The Hall–Kier alpha value is -1.72. The second kappa shape index (κ2) is 4.51. The Morgan fingerprint density at radius 3 is 2.94 bits per heavy atom. The van der Waals surface area contributed by atoms with Gasteiger partial charge in [-0.1, -0.05) is 0 Å². The summed E-state index contributed by atoms with van der Waals surface area (Å²) in [6.07, 6.45) is 3.16. The van der Waals surface area contributed by atoms with E-state index >= 15 is 0 Å². The fraction of sp³-hybridized carbons (Fsp3) is 0.0769. The predicted molar refractivity (Wildman–Crippen MR) is 73.9 cm³/mol. The average Bonchev–Trinajstić information content (AvgIpc) is 2.98. The van der Waals surface area contributed by atoms with Crippen LogP contribution in [0.25, 0.3) is 9.40 Å². The number of pyridine rings is 1. The summed E-state index contributed by atoms with van der Waals surface area (Å²) in [7, 11) is 1.56. The monoisotopic (exact) mass is 275 g/mol. The number of fused-ring (bicyclic) bond motifs is 1. The number of ketones is 1. The molecular weight excluding hydrogens is 266 g/mol. The van der Waals surface area contributed by atoms with Crippen LogP contribution in [-0.4, -0.2) is 17.9 Å². The molecule has 0 atom stereocenters. The topological polar surface area (TPSA) is 39.2 Å². The zero-order chi connectivity index (χ0) is 12.5. The number of aromatic nitrogens is 1. The maximum atomic E-state index is 12.3. The number of carbonyl (C=O) groups excluding carboxylic acids is 1. The molecule has 0 saturated carbocycles. The number of rotatable bonds is 3. The largest absolute Gasteiger partial charge is 0.495 e. The predicted octanol–water partition coefficient (Wildman–Crippen LogP) is 3.60. The van der Waals surface area contributed by atoms with Crippen LogP contribution in [0, 0.1) is 0 Å². The van der Waals surface area contributed by atoms with Crippen LogP contribution < -0.4 is 4.74 Å². The Bertz CT molecular complexity index is 686. The van der Waals surface area contributed by atoms with E-state index in [-0.39, 0.29) is 5.78 Å². The Balaban J connectivity index is 2.00.